The third kappa shape index (κ3) is 7.59. The number of rotatable bonds is 8. The monoisotopic (exact) mass is 418 g/mol. The van der Waals surface area contributed by atoms with E-state index in [4.69, 9.17) is 0 Å². The number of nitrogens with one attached hydrogen (secondary N) is 1. The smallest absolute Gasteiger partial charge is 0.387 e. The second-order valence-corrected chi connectivity index (χ2v) is 8.91. The van der Waals surface area contributed by atoms with Crippen molar-refractivity contribution in [1.29, 1.82) is 0 Å². The van der Waals surface area contributed by atoms with Crippen molar-refractivity contribution in [3.8, 4) is 5.75 Å². The van der Waals surface area contributed by atoms with Crippen molar-refractivity contribution < 1.29 is 21.9 Å². The zero-order valence-electron chi connectivity index (χ0n) is 16.3. The van der Waals surface area contributed by atoms with E-state index in [1.54, 1.807) is 12.1 Å². The molecule has 1 aliphatic heterocycles. The number of benzene rings is 1. The van der Waals surface area contributed by atoms with Gasteiger partial charge in [0.05, 0.1) is 18.1 Å². The fraction of sp³-hybridized carbons (Fsp3) is 0.611. The summed E-state index contributed by atoms with van der Waals surface area (Å²) in [5, 5.41) is 3.23. The molecular weight excluding hydrogens is 390 g/mol. The molecule has 0 aromatic heterocycles. The fourth-order valence-corrected chi connectivity index (χ4v) is 4.14. The van der Waals surface area contributed by atoms with Crippen LogP contribution in [0.3, 0.4) is 0 Å². The molecule has 1 heterocycles. The van der Waals surface area contributed by atoms with E-state index in [2.05, 4.69) is 19.9 Å². The minimum atomic E-state index is -2.87. The molecule has 0 bridgehead atoms. The second kappa shape index (κ2) is 10.6. The Hall–Kier alpha value is -1.94. The van der Waals surface area contributed by atoms with E-state index in [9.17, 15) is 17.2 Å². The van der Waals surface area contributed by atoms with Crippen LogP contribution in [0.2, 0.25) is 0 Å². The molecule has 0 saturated carbocycles. The van der Waals surface area contributed by atoms with E-state index in [1.165, 1.54) is 12.1 Å². The van der Waals surface area contributed by atoms with E-state index in [0.29, 0.717) is 39.3 Å². The first-order valence-corrected chi connectivity index (χ1v) is 11.1. The Labute approximate surface area is 165 Å². The van der Waals surface area contributed by atoms with Crippen molar-refractivity contribution in [3.05, 3.63) is 29.8 Å². The molecule has 1 aliphatic rings. The van der Waals surface area contributed by atoms with Crippen LogP contribution in [0.15, 0.2) is 29.3 Å². The summed E-state index contributed by atoms with van der Waals surface area (Å²) in [4.78, 5) is 8.67. The summed E-state index contributed by atoms with van der Waals surface area (Å²) in [6.07, 6.45) is 0. The van der Waals surface area contributed by atoms with Gasteiger partial charge < -0.3 is 15.0 Å². The van der Waals surface area contributed by atoms with Gasteiger partial charge in [-0.3, -0.25) is 9.89 Å². The van der Waals surface area contributed by atoms with Gasteiger partial charge in [0.15, 0.2) is 15.8 Å². The maximum absolute atomic E-state index is 12.2. The number of hydrogen-bond donors (Lipinski definition) is 1. The maximum Gasteiger partial charge on any atom is 0.387 e. The minimum absolute atomic E-state index is 0.130. The number of halogens is 2. The summed E-state index contributed by atoms with van der Waals surface area (Å²) < 4.78 is 51.8. The molecule has 1 fully saturated rings. The van der Waals surface area contributed by atoms with Crippen LogP contribution in [-0.4, -0.2) is 82.1 Å². The number of nitrogens with zero attached hydrogens (tertiary/aromatic N) is 3. The first kappa shape index (κ1) is 22.4. The molecule has 7 nitrogen and oxygen atoms in total. The number of guanidine groups is 1. The van der Waals surface area contributed by atoms with Crippen LogP contribution in [0, 0.1) is 0 Å². The maximum atomic E-state index is 12.2. The highest BCUT2D eigenvalue weighted by molar-refractivity contribution is 7.91. The highest BCUT2D eigenvalue weighted by Crippen LogP contribution is 2.15. The molecule has 1 saturated heterocycles. The van der Waals surface area contributed by atoms with Crippen LogP contribution in [0.1, 0.15) is 12.5 Å². The van der Waals surface area contributed by atoms with Gasteiger partial charge in [0.1, 0.15) is 5.75 Å². The lowest BCUT2D eigenvalue weighted by Gasteiger charge is -2.26. The fourth-order valence-electron chi connectivity index (χ4n) is 2.87. The first-order chi connectivity index (χ1) is 13.3. The highest BCUT2D eigenvalue weighted by Gasteiger charge is 2.21. The van der Waals surface area contributed by atoms with Gasteiger partial charge in [0.25, 0.3) is 0 Å². The van der Waals surface area contributed by atoms with Gasteiger partial charge in [0.2, 0.25) is 0 Å². The number of ether oxygens (including phenoxy) is 1. The molecule has 1 aromatic carbocycles. The predicted octanol–water partition coefficient (Wildman–Crippen LogP) is 1.42. The summed E-state index contributed by atoms with van der Waals surface area (Å²) in [6, 6.07) is 6.52. The van der Waals surface area contributed by atoms with Crippen LogP contribution in [-0.2, 0) is 16.4 Å². The van der Waals surface area contributed by atoms with Crippen molar-refractivity contribution >= 4 is 15.8 Å². The molecule has 0 spiro atoms. The molecule has 28 heavy (non-hydrogen) atoms. The zero-order chi connectivity index (χ0) is 20.6. The van der Waals surface area contributed by atoms with Crippen LogP contribution >= 0.6 is 0 Å². The first-order valence-electron chi connectivity index (χ1n) is 9.25. The van der Waals surface area contributed by atoms with Gasteiger partial charge in [-0.05, 0) is 24.6 Å². The Morgan fingerprint density at radius 2 is 1.93 bits per heavy atom. The Morgan fingerprint density at radius 3 is 2.50 bits per heavy atom. The van der Waals surface area contributed by atoms with Crippen LogP contribution in [0.5, 0.6) is 5.75 Å². The summed E-state index contributed by atoms with van der Waals surface area (Å²) in [5.41, 5.74) is 0.941. The average molecular weight is 419 g/mol. The standard InChI is InChI=1S/C18H28F2N4O3S/c1-3-21-18(22-8-9-24-10-12-28(25,26)13-11-24)23(2)14-15-4-6-16(7-5-15)27-17(19)20/h4-7,17H,3,8-14H2,1-2H3,(H,21,22). The van der Waals surface area contributed by atoms with E-state index in [1.807, 2.05) is 18.9 Å². The predicted molar refractivity (Wildman–Crippen MR) is 106 cm³/mol. The molecular formula is C18H28F2N4O3S. The van der Waals surface area contributed by atoms with Gasteiger partial charge in [-0.25, -0.2) is 8.42 Å². The Morgan fingerprint density at radius 1 is 1.29 bits per heavy atom. The Kier molecular flexibility index (Phi) is 8.43. The lowest BCUT2D eigenvalue weighted by Crippen LogP contribution is -2.42. The van der Waals surface area contributed by atoms with Crippen molar-refractivity contribution in [2.45, 2.75) is 20.1 Å². The van der Waals surface area contributed by atoms with Gasteiger partial charge in [-0.15, -0.1) is 0 Å². The van der Waals surface area contributed by atoms with Gasteiger partial charge in [-0.1, -0.05) is 12.1 Å². The van der Waals surface area contributed by atoms with E-state index >= 15 is 0 Å². The van der Waals surface area contributed by atoms with Crippen molar-refractivity contribution in [3.63, 3.8) is 0 Å². The molecule has 0 aliphatic carbocycles. The second-order valence-electron chi connectivity index (χ2n) is 6.61. The quantitative estimate of drug-likeness (QED) is 0.508. The molecule has 1 aromatic rings. The van der Waals surface area contributed by atoms with Gasteiger partial charge in [0, 0.05) is 39.8 Å². The average Bonchev–Trinajstić information content (AvgIpc) is 2.63. The Bertz CT molecular complexity index is 728. The third-order valence-electron chi connectivity index (χ3n) is 4.38. The number of alkyl halides is 2. The number of hydrogen-bond acceptors (Lipinski definition) is 5. The van der Waals surface area contributed by atoms with Crippen molar-refractivity contribution in [2.24, 2.45) is 4.99 Å². The molecule has 0 amide bonds. The van der Waals surface area contributed by atoms with E-state index in [-0.39, 0.29) is 17.3 Å². The number of sulfone groups is 1. The lowest BCUT2D eigenvalue weighted by atomic mass is 10.2. The summed E-state index contributed by atoms with van der Waals surface area (Å²) in [7, 11) is -0.971. The van der Waals surface area contributed by atoms with Crippen LogP contribution < -0.4 is 10.1 Å². The molecule has 10 heteroatoms. The topological polar surface area (TPSA) is 74.2 Å². The molecule has 1 N–H and O–H groups in total. The summed E-state index contributed by atoms with van der Waals surface area (Å²) >= 11 is 0. The van der Waals surface area contributed by atoms with E-state index in [0.717, 1.165) is 11.5 Å². The third-order valence-corrected chi connectivity index (χ3v) is 5.99. The highest BCUT2D eigenvalue weighted by atomic mass is 32.2. The van der Waals surface area contributed by atoms with Crippen LogP contribution in [0.4, 0.5) is 8.78 Å². The minimum Gasteiger partial charge on any atom is -0.435 e. The summed E-state index contributed by atoms with van der Waals surface area (Å²) in [5.74, 6) is 1.29. The van der Waals surface area contributed by atoms with Gasteiger partial charge >= 0.3 is 6.61 Å². The molecule has 0 unspecified atom stereocenters. The van der Waals surface area contributed by atoms with Crippen molar-refractivity contribution in [1.82, 2.24) is 15.1 Å². The molecule has 0 atom stereocenters. The Balaban J connectivity index is 1.88. The van der Waals surface area contributed by atoms with Crippen molar-refractivity contribution in [2.75, 3.05) is 51.3 Å². The zero-order valence-corrected chi connectivity index (χ0v) is 17.1. The normalized spacial score (nSPS) is 17.5. The summed E-state index contributed by atoms with van der Waals surface area (Å²) in [6.45, 7) is 2.80. The van der Waals surface area contributed by atoms with E-state index < -0.39 is 16.4 Å². The van der Waals surface area contributed by atoms with Crippen LogP contribution in [0.25, 0.3) is 0 Å². The SMILES string of the molecule is CCNC(=NCCN1CCS(=O)(=O)CC1)N(C)Cc1ccc(OC(F)F)cc1. The lowest BCUT2D eigenvalue weighted by molar-refractivity contribution is -0.0498. The van der Waals surface area contributed by atoms with Gasteiger partial charge in [-0.2, -0.15) is 8.78 Å². The molecule has 2 rings (SSSR count). The number of aliphatic imine (C=N–C) groups is 1. The molecule has 0 radical (unpaired) electrons. The largest absolute Gasteiger partial charge is 0.435 e. The molecule has 158 valence electrons.